The quantitative estimate of drug-likeness (QED) is 0.747. The van der Waals surface area contributed by atoms with Gasteiger partial charge in [-0.25, -0.2) is 0 Å². The van der Waals surface area contributed by atoms with E-state index in [0.717, 1.165) is 30.3 Å². The Labute approximate surface area is 78.2 Å². The second-order valence-corrected chi connectivity index (χ2v) is 3.84. The van der Waals surface area contributed by atoms with Crippen LogP contribution in [0.3, 0.4) is 0 Å². The Balaban J connectivity index is 2.03. The van der Waals surface area contributed by atoms with Gasteiger partial charge in [0.25, 0.3) is 0 Å². The largest absolute Gasteiger partial charge is 0.492 e. The molecule has 13 heavy (non-hydrogen) atoms. The molecule has 1 aliphatic rings. The van der Waals surface area contributed by atoms with Crippen LogP contribution in [0.1, 0.15) is 37.7 Å². The smallest absolute Gasteiger partial charge is 0.232 e. The molecule has 0 spiro atoms. The number of hydrogen-bond acceptors (Lipinski definition) is 2. The SMILES string of the molecule is CCc1[nH]c(CC2CCC2)nc1O. The van der Waals surface area contributed by atoms with Crippen molar-refractivity contribution in [1.82, 2.24) is 9.97 Å². The summed E-state index contributed by atoms with van der Waals surface area (Å²) in [6, 6.07) is 0. The molecule has 1 aromatic heterocycles. The van der Waals surface area contributed by atoms with Gasteiger partial charge >= 0.3 is 0 Å². The Morgan fingerprint density at radius 2 is 2.31 bits per heavy atom. The number of nitrogens with one attached hydrogen (secondary N) is 1. The van der Waals surface area contributed by atoms with Gasteiger partial charge in [-0.15, -0.1) is 0 Å². The molecule has 1 heterocycles. The Morgan fingerprint density at radius 1 is 1.54 bits per heavy atom. The molecule has 0 aliphatic heterocycles. The molecule has 2 N–H and O–H groups in total. The molecule has 2 rings (SSSR count). The molecule has 0 atom stereocenters. The van der Waals surface area contributed by atoms with Crippen LogP contribution < -0.4 is 0 Å². The van der Waals surface area contributed by atoms with E-state index in [1.54, 1.807) is 0 Å². The number of H-pyrrole nitrogens is 1. The van der Waals surface area contributed by atoms with Crippen molar-refractivity contribution in [3.05, 3.63) is 11.5 Å². The molecule has 0 bridgehead atoms. The summed E-state index contributed by atoms with van der Waals surface area (Å²) >= 11 is 0. The van der Waals surface area contributed by atoms with Crippen LogP contribution in [0.5, 0.6) is 5.88 Å². The van der Waals surface area contributed by atoms with Gasteiger partial charge in [0.15, 0.2) is 0 Å². The van der Waals surface area contributed by atoms with Crippen molar-refractivity contribution in [3.8, 4) is 5.88 Å². The number of aromatic hydroxyl groups is 1. The highest BCUT2D eigenvalue weighted by molar-refractivity contribution is 5.19. The number of imidazole rings is 1. The van der Waals surface area contributed by atoms with Crippen LogP contribution in [0.25, 0.3) is 0 Å². The average molecular weight is 180 g/mol. The molecule has 0 saturated heterocycles. The zero-order valence-corrected chi connectivity index (χ0v) is 8.01. The number of aromatic nitrogens is 2. The van der Waals surface area contributed by atoms with Gasteiger partial charge in [-0.05, 0) is 12.3 Å². The first-order valence-electron chi connectivity index (χ1n) is 5.06. The minimum absolute atomic E-state index is 0.192. The number of hydrogen-bond donors (Lipinski definition) is 2. The highest BCUT2D eigenvalue weighted by Crippen LogP contribution is 2.29. The van der Waals surface area contributed by atoms with E-state index < -0.39 is 0 Å². The normalized spacial score (nSPS) is 17.3. The van der Waals surface area contributed by atoms with E-state index in [-0.39, 0.29) is 5.88 Å². The Hall–Kier alpha value is -0.990. The molecule has 1 aliphatic carbocycles. The molecule has 1 saturated carbocycles. The fraction of sp³-hybridized carbons (Fsp3) is 0.700. The molecule has 1 fully saturated rings. The van der Waals surface area contributed by atoms with Crippen LogP contribution in [0.15, 0.2) is 0 Å². The third-order valence-corrected chi connectivity index (χ3v) is 2.87. The van der Waals surface area contributed by atoms with Crippen LogP contribution in [0.4, 0.5) is 0 Å². The summed E-state index contributed by atoms with van der Waals surface area (Å²) in [6.45, 7) is 2.01. The third kappa shape index (κ3) is 1.69. The molecule has 0 unspecified atom stereocenters. The minimum atomic E-state index is 0.192. The van der Waals surface area contributed by atoms with Crippen LogP contribution in [0, 0.1) is 5.92 Å². The summed E-state index contributed by atoms with van der Waals surface area (Å²) in [7, 11) is 0. The van der Waals surface area contributed by atoms with Crippen molar-refractivity contribution >= 4 is 0 Å². The maximum atomic E-state index is 9.39. The summed E-state index contributed by atoms with van der Waals surface area (Å²) in [6.07, 6.45) is 5.83. The van der Waals surface area contributed by atoms with Gasteiger partial charge in [0.05, 0.1) is 5.69 Å². The van der Waals surface area contributed by atoms with Crippen molar-refractivity contribution in [3.63, 3.8) is 0 Å². The van der Waals surface area contributed by atoms with Gasteiger partial charge in [-0.1, -0.05) is 26.2 Å². The van der Waals surface area contributed by atoms with Crippen molar-refractivity contribution in [1.29, 1.82) is 0 Å². The van der Waals surface area contributed by atoms with E-state index in [2.05, 4.69) is 9.97 Å². The molecular formula is C10H16N2O. The third-order valence-electron chi connectivity index (χ3n) is 2.87. The van der Waals surface area contributed by atoms with Gasteiger partial charge in [0.2, 0.25) is 5.88 Å². The number of aromatic amines is 1. The van der Waals surface area contributed by atoms with E-state index in [1.807, 2.05) is 6.92 Å². The lowest BCUT2D eigenvalue weighted by Gasteiger charge is -2.23. The van der Waals surface area contributed by atoms with Crippen LogP contribution >= 0.6 is 0 Å². The predicted molar refractivity (Wildman–Crippen MR) is 50.7 cm³/mol. The Bertz CT molecular complexity index is 289. The zero-order chi connectivity index (χ0) is 9.26. The maximum Gasteiger partial charge on any atom is 0.232 e. The van der Waals surface area contributed by atoms with Gasteiger partial charge in [-0.3, -0.25) is 0 Å². The number of rotatable bonds is 3. The Kier molecular flexibility index (Phi) is 2.25. The first-order valence-corrected chi connectivity index (χ1v) is 5.06. The molecule has 0 aromatic carbocycles. The van der Waals surface area contributed by atoms with Crippen LogP contribution in [-0.2, 0) is 12.8 Å². The van der Waals surface area contributed by atoms with Crippen molar-refractivity contribution in [2.75, 3.05) is 0 Å². The first-order chi connectivity index (χ1) is 6.29. The molecule has 3 heteroatoms. The molecule has 0 amide bonds. The van der Waals surface area contributed by atoms with E-state index in [4.69, 9.17) is 0 Å². The van der Waals surface area contributed by atoms with Gasteiger partial charge in [0, 0.05) is 6.42 Å². The fourth-order valence-corrected chi connectivity index (χ4v) is 1.77. The van der Waals surface area contributed by atoms with E-state index in [9.17, 15) is 5.11 Å². The minimum Gasteiger partial charge on any atom is -0.492 e. The summed E-state index contributed by atoms with van der Waals surface area (Å²) in [5, 5.41) is 9.39. The van der Waals surface area contributed by atoms with Crippen molar-refractivity contribution in [2.45, 2.75) is 39.0 Å². The lowest BCUT2D eigenvalue weighted by molar-refractivity contribution is 0.309. The molecule has 3 nitrogen and oxygen atoms in total. The molecule has 0 radical (unpaired) electrons. The van der Waals surface area contributed by atoms with E-state index in [0.29, 0.717) is 0 Å². The monoisotopic (exact) mass is 180 g/mol. The second kappa shape index (κ2) is 3.40. The lowest BCUT2D eigenvalue weighted by atomic mass is 9.83. The first kappa shape index (κ1) is 8.60. The summed E-state index contributed by atoms with van der Waals surface area (Å²) in [5.41, 5.74) is 0.870. The average Bonchev–Trinajstić information content (AvgIpc) is 2.39. The van der Waals surface area contributed by atoms with Gasteiger partial charge in [-0.2, -0.15) is 4.98 Å². The van der Waals surface area contributed by atoms with Crippen LogP contribution in [-0.4, -0.2) is 15.1 Å². The lowest BCUT2D eigenvalue weighted by Crippen LogP contribution is -2.14. The van der Waals surface area contributed by atoms with Crippen LogP contribution in [0.2, 0.25) is 0 Å². The zero-order valence-electron chi connectivity index (χ0n) is 8.01. The van der Waals surface area contributed by atoms with Crippen molar-refractivity contribution < 1.29 is 5.11 Å². The highest BCUT2D eigenvalue weighted by atomic mass is 16.3. The number of aryl methyl sites for hydroxylation is 1. The van der Waals surface area contributed by atoms with Gasteiger partial charge < -0.3 is 10.1 Å². The number of nitrogens with zero attached hydrogens (tertiary/aromatic N) is 1. The summed E-state index contributed by atoms with van der Waals surface area (Å²) in [5.74, 6) is 1.95. The summed E-state index contributed by atoms with van der Waals surface area (Å²) < 4.78 is 0. The van der Waals surface area contributed by atoms with Gasteiger partial charge in [0.1, 0.15) is 5.82 Å². The van der Waals surface area contributed by atoms with E-state index in [1.165, 1.54) is 19.3 Å². The molecule has 72 valence electrons. The Morgan fingerprint density at radius 3 is 2.77 bits per heavy atom. The predicted octanol–water partition coefficient (Wildman–Crippen LogP) is 2.02. The van der Waals surface area contributed by atoms with Crippen molar-refractivity contribution in [2.24, 2.45) is 5.92 Å². The maximum absolute atomic E-state index is 9.39. The van der Waals surface area contributed by atoms with E-state index >= 15 is 0 Å². The standard InChI is InChI=1S/C10H16N2O/c1-2-8-10(13)12-9(11-8)6-7-4-3-5-7/h7,13H,2-6H2,1H3,(H,11,12). The summed E-state index contributed by atoms with van der Waals surface area (Å²) in [4.78, 5) is 7.27. The highest BCUT2D eigenvalue weighted by Gasteiger charge is 2.19. The topological polar surface area (TPSA) is 48.9 Å². The molecular weight excluding hydrogens is 164 g/mol. The molecule has 1 aromatic rings. The second-order valence-electron chi connectivity index (χ2n) is 3.84. The fourth-order valence-electron chi connectivity index (χ4n) is 1.77.